The molecule has 0 aromatic carbocycles. The first kappa shape index (κ1) is 11.6. The minimum Gasteiger partial charge on any atom is -0.390 e. The lowest BCUT2D eigenvalue weighted by Gasteiger charge is -2.27. The van der Waals surface area contributed by atoms with Crippen LogP contribution in [0.2, 0.25) is 0 Å². The molecule has 1 saturated heterocycles. The minimum atomic E-state index is -0.475. The molecule has 1 aromatic heterocycles. The van der Waals surface area contributed by atoms with E-state index < -0.39 is 6.10 Å². The fourth-order valence-electron chi connectivity index (χ4n) is 1.83. The van der Waals surface area contributed by atoms with Crippen LogP contribution in [0.25, 0.3) is 0 Å². The Hall–Kier alpha value is -0.910. The number of aryl methyl sites for hydroxylation is 2. The summed E-state index contributed by atoms with van der Waals surface area (Å²) in [4.78, 5) is 4.21. The van der Waals surface area contributed by atoms with Crippen LogP contribution in [-0.2, 0) is 22.9 Å². The van der Waals surface area contributed by atoms with E-state index in [0.717, 1.165) is 12.2 Å². The summed E-state index contributed by atoms with van der Waals surface area (Å²) in [6.07, 6.45) is 4.42. The number of ether oxygens (including phenoxy) is 2. The van der Waals surface area contributed by atoms with Gasteiger partial charge in [-0.15, -0.1) is 0 Å². The standard InChI is InChI=1S/C11H18N2O3/c1-13-5-4-12-11(13)3-2-9(14)10-8-15-6-7-16-10/h4-5,9-10,14H,2-3,6-8H2,1H3. The maximum absolute atomic E-state index is 9.92. The van der Waals surface area contributed by atoms with Crippen molar-refractivity contribution >= 4 is 0 Å². The summed E-state index contributed by atoms with van der Waals surface area (Å²) in [6.45, 7) is 1.69. The molecule has 0 spiro atoms. The number of hydrogen-bond donors (Lipinski definition) is 1. The van der Waals surface area contributed by atoms with Crippen molar-refractivity contribution < 1.29 is 14.6 Å². The molecule has 5 heteroatoms. The number of aliphatic hydroxyl groups excluding tert-OH is 1. The van der Waals surface area contributed by atoms with Gasteiger partial charge >= 0.3 is 0 Å². The summed E-state index contributed by atoms with van der Waals surface area (Å²) >= 11 is 0. The molecule has 1 aromatic rings. The zero-order valence-electron chi connectivity index (χ0n) is 9.50. The zero-order chi connectivity index (χ0) is 11.4. The predicted octanol–water partition coefficient (Wildman–Crippen LogP) is 0.129. The van der Waals surface area contributed by atoms with E-state index in [-0.39, 0.29) is 6.10 Å². The highest BCUT2D eigenvalue weighted by molar-refractivity contribution is 4.92. The molecule has 5 nitrogen and oxygen atoms in total. The molecule has 90 valence electrons. The normalized spacial score (nSPS) is 23.2. The van der Waals surface area contributed by atoms with E-state index in [4.69, 9.17) is 9.47 Å². The maximum atomic E-state index is 9.92. The number of aromatic nitrogens is 2. The van der Waals surface area contributed by atoms with Crippen LogP contribution in [0.1, 0.15) is 12.2 Å². The van der Waals surface area contributed by atoms with Gasteiger partial charge in [-0.2, -0.15) is 0 Å². The summed E-state index contributed by atoms with van der Waals surface area (Å²) < 4.78 is 12.7. The Morgan fingerprint density at radius 3 is 3.12 bits per heavy atom. The molecule has 2 heterocycles. The lowest BCUT2D eigenvalue weighted by molar-refractivity contribution is -0.133. The molecule has 0 radical (unpaired) electrons. The Labute approximate surface area is 95.0 Å². The molecule has 16 heavy (non-hydrogen) atoms. The van der Waals surface area contributed by atoms with Crippen molar-refractivity contribution in [3.63, 3.8) is 0 Å². The molecule has 0 amide bonds. The van der Waals surface area contributed by atoms with Crippen molar-refractivity contribution in [3.8, 4) is 0 Å². The Morgan fingerprint density at radius 1 is 1.62 bits per heavy atom. The topological polar surface area (TPSA) is 56.5 Å². The van der Waals surface area contributed by atoms with Crippen LogP contribution in [0.4, 0.5) is 0 Å². The molecule has 2 rings (SSSR count). The van der Waals surface area contributed by atoms with Crippen LogP contribution in [0.15, 0.2) is 12.4 Å². The summed E-state index contributed by atoms with van der Waals surface area (Å²) in [5.74, 6) is 0.982. The average Bonchev–Trinajstić information content (AvgIpc) is 2.73. The molecule has 1 N–H and O–H groups in total. The quantitative estimate of drug-likeness (QED) is 0.793. The maximum Gasteiger partial charge on any atom is 0.108 e. The molecule has 1 aliphatic rings. The highest BCUT2D eigenvalue weighted by atomic mass is 16.6. The lowest BCUT2D eigenvalue weighted by Crippen LogP contribution is -2.38. The predicted molar refractivity (Wildman–Crippen MR) is 58.1 cm³/mol. The molecule has 2 atom stereocenters. The lowest BCUT2D eigenvalue weighted by atomic mass is 10.1. The van der Waals surface area contributed by atoms with E-state index in [2.05, 4.69) is 4.98 Å². The van der Waals surface area contributed by atoms with E-state index in [9.17, 15) is 5.11 Å². The Bertz CT molecular complexity index is 321. The van der Waals surface area contributed by atoms with Gasteiger partial charge in [0.2, 0.25) is 0 Å². The summed E-state index contributed by atoms with van der Waals surface area (Å²) in [7, 11) is 1.95. The van der Waals surface area contributed by atoms with Gasteiger partial charge in [0.15, 0.2) is 0 Å². The Balaban J connectivity index is 1.78. The van der Waals surface area contributed by atoms with Crippen molar-refractivity contribution in [2.75, 3.05) is 19.8 Å². The molecule has 1 aliphatic heterocycles. The smallest absolute Gasteiger partial charge is 0.108 e. The van der Waals surface area contributed by atoms with Gasteiger partial charge in [0.25, 0.3) is 0 Å². The zero-order valence-corrected chi connectivity index (χ0v) is 9.50. The number of aliphatic hydroxyl groups is 1. The van der Waals surface area contributed by atoms with E-state index in [1.165, 1.54) is 0 Å². The van der Waals surface area contributed by atoms with Gasteiger partial charge in [0.1, 0.15) is 11.9 Å². The van der Waals surface area contributed by atoms with Crippen LogP contribution in [0.3, 0.4) is 0 Å². The highest BCUT2D eigenvalue weighted by Gasteiger charge is 2.23. The second-order valence-electron chi connectivity index (χ2n) is 4.04. The molecule has 0 aliphatic carbocycles. The van der Waals surface area contributed by atoms with Crippen molar-refractivity contribution in [1.82, 2.24) is 9.55 Å². The molecular formula is C11H18N2O3. The molecular weight excluding hydrogens is 208 g/mol. The van der Waals surface area contributed by atoms with Crippen LogP contribution >= 0.6 is 0 Å². The number of imidazole rings is 1. The van der Waals surface area contributed by atoms with Crippen molar-refractivity contribution in [1.29, 1.82) is 0 Å². The van der Waals surface area contributed by atoms with E-state index in [1.54, 1.807) is 6.20 Å². The van der Waals surface area contributed by atoms with Crippen LogP contribution in [0.5, 0.6) is 0 Å². The first-order valence-electron chi connectivity index (χ1n) is 5.61. The van der Waals surface area contributed by atoms with Crippen molar-refractivity contribution in [2.45, 2.75) is 25.0 Å². The van der Waals surface area contributed by atoms with Gasteiger partial charge in [-0.05, 0) is 6.42 Å². The van der Waals surface area contributed by atoms with Gasteiger partial charge in [-0.1, -0.05) is 0 Å². The van der Waals surface area contributed by atoms with Crippen molar-refractivity contribution in [3.05, 3.63) is 18.2 Å². The first-order valence-corrected chi connectivity index (χ1v) is 5.61. The summed E-state index contributed by atoms with van der Waals surface area (Å²) in [5.41, 5.74) is 0. The van der Waals surface area contributed by atoms with Crippen LogP contribution in [-0.4, -0.2) is 46.7 Å². The molecule has 1 fully saturated rings. The summed E-state index contributed by atoms with van der Waals surface area (Å²) in [6, 6.07) is 0. The van der Waals surface area contributed by atoms with Gasteiger partial charge in [0.05, 0.1) is 25.9 Å². The van der Waals surface area contributed by atoms with Gasteiger partial charge in [0, 0.05) is 25.9 Å². The second kappa shape index (κ2) is 5.43. The SMILES string of the molecule is Cn1ccnc1CCC(O)C1COCCO1. The second-order valence-corrected chi connectivity index (χ2v) is 4.04. The number of hydrogen-bond acceptors (Lipinski definition) is 4. The van der Waals surface area contributed by atoms with Crippen LogP contribution in [0, 0.1) is 0 Å². The third kappa shape index (κ3) is 2.81. The van der Waals surface area contributed by atoms with Gasteiger partial charge in [-0.25, -0.2) is 4.98 Å². The minimum absolute atomic E-state index is 0.186. The Kier molecular flexibility index (Phi) is 3.93. The van der Waals surface area contributed by atoms with E-state index in [0.29, 0.717) is 26.2 Å². The fourth-order valence-corrected chi connectivity index (χ4v) is 1.83. The van der Waals surface area contributed by atoms with E-state index >= 15 is 0 Å². The monoisotopic (exact) mass is 226 g/mol. The largest absolute Gasteiger partial charge is 0.390 e. The first-order chi connectivity index (χ1) is 7.77. The van der Waals surface area contributed by atoms with Crippen LogP contribution < -0.4 is 0 Å². The molecule has 2 unspecified atom stereocenters. The molecule has 0 saturated carbocycles. The average molecular weight is 226 g/mol. The molecule has 0 bridgehead atoms. The number of nitrogens with zero attached hydrogens (tertiary/aromatic N) is 2. The third-order valence-corrected chi connectivity index (χ3v) is 2.86. The summed E-state index contributed by atoms with van der Waals surface area (Å²) in [5, 5.41) is 9.92. The fraction of sp³-hybridized carbons (Fsp3) is 0.727. The van der Waals surface area contributed by atoms with Crippen molar-refractivity contribution in [2.24, 2.45) is 7.05 Å². The third-order valence-electron chi connectivity index (χ3n) is 2.86. The van der Waals surface area contributed by atoms with E-state index in [1.807, 2.05) is 17.8 Å². The number of rotatable bonds is 4. The Morgan fingerprint density at radius 2 is 2.50 bits per heavy atom. The van der Waals surface area contributed by atoms with Gasteiger partial charge < -0.3 is 19.1 Å². The van der Waals surface area contributed by atoms with Gasteiger partial charge in [-0.3, -0.25) is 0 Å². The highest BCUT2D eigenvalue weighted by Crippen LogP contribution is 2.11.